The van der Waals surface area contributed by atoms with Gasteiger partial charge in [0.25, 0.3) is 0 Å². The number of rotatable bonds is 6. The highest BCUT2D eigenvalue weighted by molar-refractivity contribution is 8.00. The molecule has 6 heteroatoms. The molecule has 0 aliphatic carbocycles. The minimum Gasteiger partial charge on any atom is -0.468 e. The summed E-state index contributed by atoms with van der Waals surface area (Å²) in [6.45, 7) is 5.99. The summed E-state index contributed by atoms with van der Waals surface area (Å²) in [5.74, 6) is 0.554. The first-order chi connectivity index (χ1) is 15.0. The van der Waals surface area contributed by atoms with E-state index in [1.807, 2.05) is 13.0 Å². The third-order valence-electron chi connectivity index (χ3n) is 5.34. The fraction of sp³-hybridized carbons (Fsp3) is 0.240. The molecule has 158 valence electrons. The topological polar surface area (TPSA) is 57.0 Å². The molecule has 4 rings (SSSR count). The monoisotopic (exact) mass is 431 g/mol. The van der Waals surface area contributed by atoms with Crippen molar-refractivity contribution in [2.45, 2.75) is 37.6 Å². The average Bonchev–Trinajstić information content (AvgIpc) is 3.15. The number of nitrogens with zero attached hydrogens (tertiary/aromatic N) is 3. The molecule has 0 spiro atoms. The maximum Gasteiger partial charge on any atom is 0.318 e. The van der Waals surface area contributed by atoms with E-state index in [0.717, 1.165) is 17.1 Å². The first kappa shape index (κ1) is 21.1. The normalized spacial score (nSPS) is 12.1. The summed E-state index contributed by atoms with van der Waals surface area (Å²) in [7, 11) is 1.40. The van der Waals surface area contributed by atoms with Crippen LogP contribution in [0.5, 0.6) is 0 Å². The number of thioether (sulfide) groups is 1. The number of ether oxygens (including phenoxy) is 1. The zero-order valence-electron chi connectivity index (χ0n) is 18.1. The van der Waals surface area contributed by atoms with E-state index in [-0.39, 0.29) is 11.2 Å². The lowest BCUT2D eigenvalue weighted by Gasteiger charge is -2.15. The van der Waals surface area contributed by atoms with Gasteiger partial charge in [0.15, 0.2) is 5.16 Å². The van der Waals surface area contributed by atoms with Gasteiger partial charge in [0.05, 0.1) is 12.8 Å². The molecule has 0 fully saturated rings. The van der Waals surface area contributed by atoms with Crippen molar-refractivity contribution in [1.29, 1.82) is 0 Å². The summed E-state index contributed by atoms with van der Waals surface area (Å²) in [6.07, 6.45) is 0.634. The number of hydrogen-bond acceptors (Lipinski definition) is 5. The summed E-state index contributed by atoms with van der Waals surface area (Å²) in [6, 6.07) is 21.0. The maximum absolute atomic E-state index is 12.0. The summed E-state index contributed by atoms with van der Waals surface area (Å²) in [5, 5.41) is 11.7. The van der Waals surface area contributed by atoms with Crippen LogP contribution in [0.3, 0.4) is 0 Å². The molecule has 0 unspecified atom stereocenters. The van der Waals surface area contributed by atoms with Crippen molar-refractivity contribution in [3.8, 4) is 5.69 Å². The molecular weight excluding hydrogens is 406 g/mol. The molecule has 1 heterocycles. The Kier molecular flexibility index (Phi) is 6.09. The second-order valence-electron chi connectivity index (χ2n) is 7.62. The molecule has 0 bridgehead atoms. The van der Waals surface area contributed by atoms with Crippen LogP contribution in [0.2, 0.25) is 0 Å². The standard InChI is InChI=1S/C25H25N3O2S/c1-16-12-13-22(17(2)14-16)28-23(26-27-25(28)31-18(3)24(29)30-4)15-20-10-7-9-19-8-5-6-11-21(19)20/h5-14,18H,15H2,1-4H3/t18-/m1/s1. The van der Waals surface area contributed by atoms with Crippen molar-refractivity contribution in [3.05, 3.63) is 83.2 Å². The van der Waals surface area contributed by atoms with Gasteiger partial charge in [-0.05, 0) is 48.7 Å². The van der Waals surface area contributed by atoms with Crippen LogP contribution >= 0.6 is 11.8 Å². The number of benzene rings is 3. The number of aromatic nitrogens is 3. The van der Waals surface area contributed by atoms with Crippen LogP contribution in [-0.2, 0) is 16.0 Å². The first-order valence-electron chi connectivity index (χ1n) is 10.2. The fourth-order valence-electron chi connectivity index (χ4n) is 3.78. The second kappa shape index (κ2) is 8.94. The Labute approximate surface area is 186 Å². The largest absolute Gasteiger partial charge is 0.468 e. The van der Waals surface area contributed by atoms with Gasteiger partial charge < -0.3 is 4.74 Å². The van der Waals surface area contributed by atoms with E-state index < -0.39 is 0 Å². The molecule has 1 atom stereocenters. The number of carbonyl (C=O) groups is 1. The molecule has 0 saturated carbocycles. The smallest absolute Gasteiger partial charge is 0.318 e. The fourth-order valence-corrected chi connectivity index (χ4v) is 4.68. The number of aryl methyl sites for hydroxylation is 2. The number of hydrogen-bond donors (Lipinski definition) is 0. The number of carbonyl (C=O) groups excluding carboxylic acids is 1. The van der Waals surface area contributed by atoms with Crippen molar-refractivity contribution < 1.29 is 9.53 Å². The van der Waals surface area contributed by atoms with E-state index in [9.17, 15) is 4.79 Å². The van der Waals surface area contributed by atoms with Gasteiger partial charge in [-0.15, -0.1) is 10.2 Å². The summed E-state index contributed by atoms with van der Waals surface area (Å²) >= 11 is 1.36. The van der Waals surface area contributed by atoms with Crippen molar-refractivity contribution in [2.75, 3.05) is 7.11 Å². The Morgan fingerprint density at radius 2 is 1.84 bits per heavy atom. The molecular formula is C25H25N3O2S. The third kappa shape index (κ3) is 4.35. The van der Waals surface area contributed by atoms with Crippen LogP contribution in [0.25, 0.3) is 16.5 Å². The molecule has 0 aliphatic rings. The van der Waals surface area contributed by atoms with Crippen molar-refractivity contribution in [2.24, 2.45) is 0 Å². The average molecular weight is 432 g/mol. The van der Waals surface area contributed by atoms with E-state index in [4.69, 9.17) is 4.74 Å². The molecule has 0 aliphatic heterocycles. The lowest BCUT2D eigenvalue weighted by Crippen LogP contribution is -2.16. The van der Waals surface area contributed by atoms with Gasteiger partial charge in [0.1, 0.15) is 11.1 Å². The lowest BCUT2D eigenvalue weighted by molar-refractivity contribution is -0.139. The van der Waals surface area contributed by atoms with Crippen LogP contribution in [0.4, 0.5) is 0 Å². The van der Waals surface area contributed by atoms with Crippen LogP contribution in [-0.4, -0.2) is 33.1 Å². The predicted octanol–water partition coefficient (Wildman–Crippen LogP) is 5.28. The Morgan fingerprint density at radius 3 is 2.61 bits per heavy atom. The Balaban J connectivity index is 1.81. The highest BCUT2D eigenvalue weighted by Crippen LogP contribution is 2.30. The first-order valence-corrected chi connectivity index (χ1v) is 11.1. The van der Waals surface area contributed by atoms with Gasteiger partial charge in [-0.2, -0.15) is 0 Å². The molecule has 4 aromatic rings. The number of methoxy groups -OCH3 is 1. The van der Waals surface area contributed by atoms with Crippen molar-refractivity contribution in [3.63, 3.8) is 0 Å². The summed E-state index contributed by atoms with van der Waals surface area (Å²) in [5.41, 5.74) is 4.54. The highest BCUT2D eigenvalue weighted by Gasteiger charge is 2.22. The van der Waals surface area contributed by atoms with Gasteiger partial charge in [-0.1, -0.05) is 71.9 Å². The zero-order valence-corrected chi connectivity index (χ0v) is 18.9. The summed E-state index contributed by atoms with van der Waals surface area (Å²) in [4.78, 5) is 12.0. The minimum atomic E-state index is -0.385. The minimum absolute atomic E-state index is 0.282. The summed E-state index contributed by atoms with van der Waals surface area (Å²) < 4.78 is 6.97. The van der Waals surface area contributed by atoms with Crippen LogP contribution < -0.4 is 0 Å². The van der Waals surface area contributed by atoms with E-state index in [1.54, 1.807) is 0 Å². The number of fused-ring (bicyclic) bond motifs is 1. The zero-order chi connectivity index (χ0) is 22.0. The molecule has 0 amide bonds. The molecule has 0 N–H and O–H groups in total. The van der Waals surface area contributed by atoms with Crippen LogP contribution in [0.1, 0.15) is 29.4 Å². The second-order valence-corrected chi connectivity index (χ2v) is 8.93. The molecule has 0 saturated heterocycles. The van der Waals surface area contributed by atoms with Gasteiger partial charge >= 0.3 is 5.97 Å². The van der Waals surface area contributed by atoms with Gasteiger partial charge in [-0.25, -0.2) is 0 Å². The molecule has 5 nitrogen and oxygen atoms in total. The maximum atomic E-state index is 12.0. The Bertz CT molecular complexity index is 1240. The van der Waals surface area contributed by atoms with E-state index in [0.29, 0.717) is 11.6 Å². The van der Waals surface area contributed by atoms with Crippen molar-refractivity contribution in [1.82, 2.24) is 14.8 Å². The van der Waals surface area contributed by atoms with E-state index >= 15 is 0 Å². The van der Waals surface area contributed by atoms with Gasteiger partial charge in [-0.3, -0.25) is 9.36 Å². The molecule has 31 heavy (non-hydrogen) atoms. The SMILES string of the molecule is COC(=O)[C@@H](C)Sc1nnc(Cc2cccc3ccccc23)n1-c1ccc(C)cc1C. The van der Waals surface area contributed by atoms with Crippen LogP contribution in [0.15, 0.2) is 65.8 Å². The Morgan fingerprint density at radius 1 is 1.06 bits per heavy atom. The Hall–Kier alpha value is -3.12. The quantitative estimate of drug-likeness (QED) is 0.307. The highest BCUT2D eigenvalue weighted by atomic mass is 32.2. The molecule has 1 aromatic heterocycles. The molecule has 3 aromatic carbocycles. The molecule has 0 radical (unpaired) electrons. The number of esters is 1. The van der Waals surface area contributed by atoms with Crippen molar-refractivity contribution >= 4 is 28.5 Å². The predicted molar refractivity (Wildman–Crippen MR) is 125 cm³/mol. The van der Waals surface area contributed by atoms with E-state index in [2.05, 4.69) is 83.2 Å². The lowest BCUT2D eigenvalue weighted by atomic mass is 10.0. The third-order valence-corrected chi connectivity index (χ3v) is 6.36. The van der Waals surface area contributed by atoms with Gasteiger partial charge in [0, 0.05) is 6.42 Å². The van der Waals surface area contributed by atoms with E-state index in [1.165, 1.54) is 40.8 Å². The van der Waals surface area contributed by atoms with Crippen LogP contribution in [0, 0.1) is 13.8 Å². The van der Waals surface area contributed by atoms with Gasteiger partial charge in [0.2, 0.25) is 0 Å².